The fourth-order valence-corrected chi connectivity index (χ4v) is 3.80. The minimum absolute atomic E-state index is 0.0729. The second-order valence-electron chi connectivity index (χ2n) is 6.67. The molecular formula is C21H19BrO5. The lowest BCUT2D eigenvalue weighted by Gasteiger charge is -2.34. The van der Waals surface area contributed by atoms with E-state index in [4.69, 9.17) is 4.74 Å². The molecule has 3 atom stereocenters. The number of benzene rings is 2. The molecule has 0 radical (unpaired) electrons. The van der Waals surface area contributed by atoms with Crippen LogP contribution < -0.4 is 0 Å². The summed E-state index contributed by atoms with van der Waals surface area (Å²) in [5.74, 6) is -4.36. The number of ether oxygens (including phenoxy) is 1. The van der Waals surface area contributed by atoms with Gasteiger partial charge in [-0.3, -0.25) is 14.4 Å². The summed E-state index contributed by atoms with van der Waals surface area (Å²) < 4.78 is 6.30. The zero-order valence-electron chi connectivity index (χ0n) is 14.5. The van der Waals surface area contributed by atoms with E-state index in [1.807, 2.05) is 54.6 Å². The zero-order chi connectivity index (χ0) is 19.4. The van der Waals surface area contributed by atoms with E-state index in [2.05, 4.69) is 15.9 Å². The molecular weight excluding hydrogens is 412 g/mol. The first kappa shape index (κ1) is 19.3. The number of halogens is 1. The Hall–Kier alpha value is -2.47. The Morgan fingerprint density at radius 1 is 1.04 bits per heavy atom. The third-order valence-corrected chi connectivity index (χ3v) is 5.40. The molecule has 2 aromatic carbocycles. The number of carbonyl (C=O) groups excluding carboxylic acids is 2. The van der Waals surface area contributed by atoms with Crippen molar-refractivity contribution in [2.75, 3.05) is 0 Å². The second kappa shape index (κ2) is 8.48. The Kier molecular flexibility index (Phi) is 6.06. The van der Waals surface area contributed by atoms with Gasteiger partial charge >= 0.3 is 11.9 Å². The molecule has 6 heteroatoms. The summed E-state index contributed by atoms with van der Waals surface area (Å²) in [6, 6.07) is 16.5. The van der Waals surface area contributed by atoms with E-state index in [-0.39, 0.29) is 25.2 Å². The van der Waals surface area contributed by atoms with Gasteiger partial charge in [-0.25, -0.2) is 0 Å². The zero-order valence-corrected chi connectivity index (χ0v) is 16.1. The third-order valence-electron chi connectivity index (χ3n) is 4.87. The summed E-state index contributed by atoms with van der Waals surface area (Å²) in [6.45, 7) is 0.0729. The molecule has 2 aromatic rings. The number of carboxylic acids is 1. The summed E-state index contributed by atoms with van der Waals surface area (Å²) in [4.78, 5) is 36.7. The number of esters is 1. The smallest absolute Gasteiger partial charge is 0.310 e. The molecule has 0 saturated heterocycles. The van der Waals surface area contributed by atoms with Gasteiger partial charge in [-0.15, -0.1) is 0 Å². The highest BCUT2D eigenvalue weighted by atomic mass is 79.9. The Balaban J connectivity index is 1.86. The number of Topliss-reactive ketones (excluding diaryl/α,β-unsaturated/α-hetero) is 1. The van der Waals surface area contributed by atoms with Crippen LogP contribution in [0.2, 0.25) is 0 Å². The molecule has 3 rings (SSSR count). The van der Waals surface area contributed by atoms with Gasteiger partial charge in [0.25, 0.3) is 0 Å². The summed E-state index contributed by atoms with van der Waals surface area (Å²) >= 11 is 3.36. The summed E-state index contributed by atoms with van der Waals surface area (Å²) in [5, 5.41) is 9.60. The lowest BCUT2D eigenvalue weighted by Crippen LogP contribution is -2.41. The highest BCUT2D eigenvalue weighted by Crippen LogP contribution is 2.41. The molecule has 0 heterocycles. The van der Waals surface area contributed by atoms with Crippen molar-refractivity contribution in [1.82, 2.24) is 0 Å². The maximum absolute atomic E-state index is 12.8. The summed E-state index contributed by atoms with van der Waals surface area (Å²) in [5.41, 5.74) is 1.59. The van der Waals surface area contributed by atoms with Crippen LogP contribution in [-0.4, -0.2) is 22.8 Å². The van der Waals surface area contributed by atoms with E-state index in [9.17, 15) is 19.5 Å². The van der Waals surface area contributed by atoms with Gasteiger partial charge in [-0.1, -0.05) is 58.4 Å². The van der Waals surface area contributed by atoms with Gasteiger partial charge in [0.15, 0.2) is 0 Å². The van der Waals surface area contributed by atoms with Crippen LogP contribution >= 0.6 is 15.9 Å². The first-order chi connectivity index (χ1) is 13.0. The average molecular weight is 431 g/mol. The molecule has 27 heavy (non-hydrogen) atoms. The van der Waals surface area contributed by atoms with Crippen molar-refractivity contribution >= 4 is 33.7 Å². The van der Waals surface area contributed by atoms with Crippen LogP contribution in [0.4, 0.5) is 0 Å². The van der Waals surface area contributed by atoms with Crippen LogP contribution in [0.25, 0.3) is 0 Å². The average Bonchev–Trinajstić information content (AvgIpc) is 2.66. The molecule has 0 amide bonds. The summed E-state index contributed by atoms with van der Waals surface area (Å²) in [6.07, 6.45) is -0.00994. The van der Waals surface area contributed by atoms with E-state index in [1.54, 1.807) is 0 Å². The topological polar surface area (TPSA) is 80.7 Å². The molecule has 5 nitrogen and oxygen atoms in total. The largest absolute Gasteiger partial charge is 0.481 e. The van der Waals surface area contributed by atoms with E-state index in [0.717, 1.165) is 15.6 Å². The van der Waals surface area contributed by atoms with Crippen LogP contribution in [0.15, 0.2) is 59.1 Å². The number of ketones is 1. The fraction of sp³-hybridized carbons (Fsp3) is 0.286. The Labute approximate surface area is 165 Å². The lowest BCUT2D eigenvalue weighted by molar-refractivity contribution is -0.163. The second-order valence-corrected chi connectivity index (χ2v) is 7.58. The van der Waals surface area contributed by atoms with Crippen molar-refractivity contribution in [3.05, 3.63) is 70.2 Å². The molecule has 0 unspecified atom stereocenters. The number of rotatable bonds is 5. The minimum Gasteiger partial charge on any atom is -0.481 e. The van der Waals surface area contributed by atoms with Crippen LogP contribution in [0, 0.1) is 11.8 Å². The standard InChI is InChI=1S/C21H19BrO5/c22-15-8-6-14(7-9-15)17-10-16(23)11-18(20(24)25)19(17)21(26)27-12-13-4-2-1-3-5-13/h1-9,17-19H,10-12H2,(H,24,25)/t17-,18-,19-/m1/s1. The molecule has 1 saturated carbocycles. The van der Waals surface area contributed by atoms with Crippen LogP contribution in [0.1, 0.15) is 29.9 Å². The van der Waals surface area contributed by atoms with Crippen molar-refractivity contribution in [2.45, 2.75) is 25.4 Å². The van der Waals surface area contributed by atoms with E-state index < -0.39 is 29.7 Å². The predicted molar refractivity (Wildman–Crippen MR) is 102 cm³/mol. The van der Waals surface area contributed by atoms with E-state index in [1.165, 1.54) is 0 Å². The Morgan fingerprint density at radius 3 is 2.33 bits per heavy atom. The Morgan fingerprint density at radius 2 is 1.70 bits per heavy atom. The molecule has 0 aliphatic heterocycles. The minimum atomic E-state index is -1.15. The molecule has 0 bridgehead atoms. The SMILES string of the molecule is O=C1C[C@H](c2ccc(Br)cc2)[C@@H](C(=O)OCc2ccccc2)[C@H](C(=O)O)C1. The summed E-state index contributed by atoms with van der Waals surface area (Å²) in [7, 11) is 0. The third kappa shape index (κ3) is 4.63. The fourth-order valence-electron chi connectivity index (χ4n) is 3.54. The van der Waals surface area contributed by atoms with Crippen molar-refractivity contribution in [3.63, 3.8) is 0 Å². The number of carboxylic acid groups (broad SMARTS) is 1. The van der Waals surface area contributed by atoms with E-state index >= 15 is 0 Å². The maximum Gasteiger partial charge on any atom is 0.310 e. The van der Waals surface area contributed by atoms with Crippen LogP contribution in [-0.2, 0) is 25.7 Å². The quantitative estimate of drug-likeness (QED) is 0.726. The van der Waals surface area contributed by atoms with Gasteiger partial charge in [0.05, 0.1) is 11.8 Å². The van der Waals surface area contributed by atoms with Gasteiger partial charge in [-0.2, -0.15) is 0 Å². The normalized spacial score (nSPS) is 22.3. The van der Waals surface area contributed by atoms with Crippen molar-refractivity contribution in [2.24, 2.45) is 11.8 Å². The highest BCUT2D eigenvalue weighted by molar-refractivity contribution is 9.10. The van der Waals surface area contributed by atoms with Gasteiger partial charge in [0, 0.05) is 23.2 Å². The maximum atomic E-state index is 12.8. The number of hydrogen-bond donors (Lipinski definition) is 1. The van der Waals surface area contributed by atoms with Crippen molar-refractivity contribution < 1.29 is 24.2 Å². The van der Waals surface area contributed by atoms with Crippen molar-refractivity contribution in [1.29, 1.82) is 0 Å². The first-order valence-electron chi connectivity index (χ1n) is 8.66. The monoisotopic (exact) mass is 430 g/mol. The lowest BCUT2D eigenvalue weighted by atomic mass is 9.69. The molecule has 140 valence electrons. The van der Waals surface area contributed by atoms with Gasteiger partial charge in [-0.05, 0) is 23.3 Å². The number of aliphatic carboxylic acids is 1. The predicted octanol–water partition coefficient (Wildman–Crippen LogP) is 3.96. The van der Waals surface area contributed by atoms with Gasteiger partial charge in [0.1, 0.15) is 12.4 Å². The van der Waals surface area contributed by atoms with Crippen LogP contribution in [0.3, 0.4) is 0 Å². The first-order valence-corrected chi connectivity index (χ1v) is 9.45. The molecule has 1 fully saturated rings. The molecule has 0 aromatic heterocycles. The Bertz CT molecular complexity index is 831. The highest BCUT2D eigenvalue weighted by Gasteiger charge is 2.46. The van der Waals surface area contributed by atoms with Crippen LogP contribution in [0.5, 0.6) is 0 Å². The molecule has 1 aliphatic carbocycles. The van der Waals surface area contributed by atoms with Gasteiger partial charge in [0.2, 0.25) is 0 Å². The molecule has 1 N–H and O–H groups in total. The number of hydrogen-bond acceptors (Lipinski definition) is 4. The van der Waals surface area contributed by atoms with Gasteiger partial charge < -0.3 is 9.84 Å². The van der Waals surface area contributed by atoms with E-state index in [0.29, 0.717) is 0 Å². The molecule has 1 aliphatic rings. The van der Waals surface area contributed by atoms with Crippen molar-refractivity contribution in [3.8, 4) is 0 Å². The molecule has 0 spiro atoms. The number of carbonyl (C=O) groups is 3.